The molecule has 2 heteroatoms. The standard InChI is InChI=1S/C48H34N2/c1-48(2)40-26-13-11-24-38(40)44-36-22-9-10-23-37(36)45-39-25-12-14-27-43(39)50(47(45)46(44)48)35-21-15-20-33(28-35)34-29-41(31-16-5-3-6-17-31)49-42(30-34)32-18-7-4-8-19-32/h3-30H,1-2H3. The highest BCUT2D eigenvalue weighted by Crippen LogP contribution is 2.56. The van der Waals surface area contributed by atoms with Crippen LogP contribution in [0.15, 0.2) is 170 Å². The van der Waals surface area contributed by atoms with Gasteiger partial charge in [0.1, 0.15) is 0 Å². The number of para-hydroxylation sites is 1. The van der Waals surface area contributed by atoms with Crippen molar-refractivity contribution in [2.24, 2.45) is 0 Å². The van der Waals surface area contributed by atoms with E-state index in [1.165, 1.54) is 54.8 Å². The van der Waals surface area contributed by atoms with E-state index in [1.54, 1.807) is 0 Å². The summed E-state index contributed by atoms with van der Waals surface area (Å²) in [4.78, 5) is 5.15. The molecule has 0 saturated heterocycles. The first-order valence-corrected chi connectivity index (χ1v) is 17.4. The lowest BCUT2D eigenvalue weighted by Gasteiger charge is -2.24. The molecule has 0 radical (unpaired) electrons. The van der Waals surface area contributed by atoms with Crippen LogP contribution in [0.1, 0.15) is 25.0 Å². The van der Waals surface area contributed by atoms with E-state index in [0.29, 0.717) is 0 Å². The molecule has 0 bridgehead atoms. The van der Waals surface area contributed by atoms with Gasteiger partial charge in [-0.15, -0.1) is 0 Å². The third-order valence-electron chi connectivity index (χ3n) is 10.7. The molecule has 2 heterocycles. The smallest absolute Gasteiger partial charge is 0.0715 e. The summed E-state index contributed by atoms with van der Waals surface area (Å²) in [5.41, 5.74) is 15.4. The number of fused-ring (bicyclic) bond motifs is 10. The molecule has 1 aliphatic rings. The molecule has 0 fully saturated rings. The highest BCUT2D eigenvalue weighted by atomic mass is 15.0. The van der Waals surface area contributed by atoms with Crippen LogP contribution in [0.4, 0.5) is 0 Å². The predicted octanol–water partition coefficient (Wildman–Crippen LogP) is 12.6. The van der Waals surface area contributed by atoms with Gasteiger partial charge in [0, 0.05) is 33.0 Å². The van der Waals surface area contributed by atoms with Crippen LogP contribution in [-0.4, -0.2) is 9.55 Å². The minimum Gasteiger partial charge on any atom is -0.309 e. The Hall–Kier alpha value is -6.25. The third kappa shape index (κ3) is 4.18. The summed E-state index contributed by atoms with van der Waals surface area (Å²) in [6.45, 7) is 4.80. The van der Waals surface area contributed by atoms with Crippen molar-refractivity contribution in [1.82, 2.24) is 9.55 Å². The van der Waals surface area contributed by atoms with Gasteiger partial charge in [-0.25, -0.2) is 4.98 Å². The van der Waals surface area contributed by atoms with Gasteiger partial charge in [-0.3, -0.25) is 0 Å². The fourth-order valence-corrected chi connectivity index (χ4v) is 8.49. The molecule has 7 aromatic carbocycles. The van der Waals surface area contributed by atoms with Crippen LogP contribution in [0.25, 0.3) is 83.0 Å². The first-order chi connectivity index (χ1) is 24.6. The zero-order valence-corrected chi connectivity index (χ0v) is 28.1. The molecule has 9 aromatic rings. The van der Waals surface area contributed by atoms with Gasteiger partial charge in [-0.05, 0) is 74.5 Å². The Labute approximate surface area is 291 Å². The van der Waals surface area contributed by atoms with Crippen LogP contribution < -0.4 is 0 Å². The first-order valence-electron chi connectivity index (χ1n) is 17.4. The molecule has 50 heavy (non-hydrogen) atoms. The Balaban J connectivity index is 1.28. The summed E-state index contributed by atoms with van der Waals surface area (Å²) in [6, 6.07) is 61.5. The van der Waals surface area contributed by atoms with E-state index < -0.39 is 0 Å². The van der Waals surface area contributed by atoms with Crippen LogP contribution in [-0.2, 0) is 5.41 Å². The van der Waals surface area contributed by atoms with Crippen LogP contribution in [0.3, 0.4) is 0 Å². The van der Waals surface area contributed by atoms with E-state index in [0.717, 1.165) is 39.3 Å². The van der Waals surface area contributed by atoms with Crippen LogP contribution in [0.5, 0.6) is 0 Å². The fraction of sp³-hybridized carbons (Fsp3) is 0.0625. The number of aromatic nitrogens is 2. The van der Waals surface area contributed by atoms with Gasteiger partial charge in [-0.1, -0.05) is 153 Å². The molecule has 1 aliphatic carbocycles. The average molecular weight is 639 g/mol. The maximum absolute atomic E-state index is 5.15. The van der Waals surface area contributed by atoms with Gasteiger partial charge in [0.05, 0.1) is 22.4 Å². The summed E-state index contributed by atoms with van der Waals surface area (Å²) in [6.07, 6.45) is 0. The van der Waals surface area contributed by atoms with Crippen LogP contribution in [0.2, 0.25) is 0 Å². The van der Waals surface area contributed by atoms with Crippen molar-refractivity contribution in [3.8, 4) is 50.5 Å². The second kappa shape index (κ2) is 10.9. The number of pyridine rings is 1. The molecule has 10 rings (SSSR count). The number of benzene rings is 7. The Morgan fingerprint density at radius 1 is 0.480 bits per heavy atom. The van der Waals surface area contributed by atoms with E-state index in [-0.39, 0.29) is 5.41 Å². The number of hydrogen-bond acceptors (Lipinski definition) is 1. The minimum absolute atomic E-state index is 0.182. The quantitative estimate of drug-likeness (QED) is 0.188. The van der Waals surface area contributed by atoms with Gasteiger partial charge < -0.3 is 4.57 Å². The summed E-state index contributed by atoms with van der Waals surface area (Å²) >= 11 is 0. The summed E-state index contributed by atoms with van der Waals surface area (Å²) in [5, 5.41) is 5.22. The molecule has 0 saturated carbocycles. The van der Waals surface area contributed by atoms with Crippen LogP contribution in [0, 0.1) is 0 Å². The second-order valence-electron chi connectivity index (χ2n) is 14.0. The molecular formula is C48H34N2. The highest BCUT2D eigenvalue weighted by Gasteiger charge is 2.40. The van der Waals surface area contributed by atoms with Crippen LogP contribution >= 0.6 is 0 Å². The second-order valence-corrected chi connectivity index (χ2v) is 14.0. The summed E-state index contributed by atoms with van der Waals surface area (Å²) in [7, 11) is 0. The molecule has 0 spiro atoms. The van der Waals surface area contributed by atoms with Gasteiger partial charge >= 0.3 is 0 Å². The SMILES string of the molecule is CC1(C)c2ccccc2-c2c1c1c(c3ccccc23)c2ccccc2n1-c1cccc(-c2cc(-c3ccccc3)nc(-c3ccccc3)c2)c1. The third-order valence-corrected chi connectivity index (χ3v) is 10.7. The molecule has 0 amide bonds. The topological polar surface area (TPSA) is 17.8 Å². The maximum atomic E-state index is 5.15. The number of hydrogen-bond donors (Lipinski definition) is 0. The molecule has 0 unspecified atom stereocenters. The van der Waals surface area contributed by atoms with Gasteiger partial charge in [0.2, 0.25) is 0 Å². The zero-order valence-electron chi connectivity index (χ0n) is 28.1. The normalized spacial score (nSPS) is 13.2. The lowest BCUT2D eigenvalue weighted by Crippen LogP contribution is -2.16. The molecular weight excluding hydrogens is 605 g/mol. The van der Waals surface area contributed by atoms with Gasteiger partial charge in [-0.2, -0.15) is 0 Å². The van der Waals surface area contributed by atoms with Crippen molar-refractivity contribution in [3.05, 3.63) is 181 Å². The van der Waals surface area contributed by atoms with E-state index >= 15 is 0 Å². The first kappa shape index (κ1) is 28.7. The van der Waals surface area contributed by atoms with E-state index in [4.69, 9.17) is 4.98 Å². The molecule has 2 nitrogen and oxygen atoms in total. The zero-order chi connectivity index (χ0) is 33.4. The van der Waals surface area contributed by atoms with Crippen molar-refractivity contribution >= 4 is 32.6 Å². The van der Waals surface area contributed by atoms with Crippen molar-refractivity contribution in [1.29, 1.82) is 0 Å². The Morgan fingerprint density at radius 2 is 1.06 bits per heavy atom. The molecule has 236 valence electrons. The monoisotopic (exact) mass is 638 g/mol. The highest BCUT2D eigenvalue weighted by molar-refractivity contribution is 6.27. The van der Waals surface area contributed by atoms with Gasteiger partial charge in [0.25, 0.3) is 0 Å². The largest absolute Gasteiger partial charge is 0.309 e. The van der Waals surface area contributed by atoms with E-state index in [2.05, 4.69) is 188 Å². The maximum Gasteiger partial charge on any atom is 0.0715 e. The Bertz CT molecular complexity index is 2710. The Morgan fingerprint density at radius 3 is 1.78 bits per heavy atom. The van der Waals surface area contributed by atoms with Crippen molar-refractivity contribution < 1.29 is 0 Å². The lowest BCUT2D eigenvalue weighted by atomic mass is 9.80. The van der Waals surface area contributed by atoms with Crippen molar-refractivity contribution in [3.63, 3.8) is 0 Å². The Kier molecular flexibility index (Phi) is 6.25. The van der Waals surface area contributed by atoms with E-state index in [9.17, 15) is 0 Å². The van der Waals surface area contributed by atoms with Crippen molar-refractivity contribution in [2.75, 3.05) is 0 Å². The van der Waals surface area contributed by atoms with E-state index in [1.807, 2.05) is 0 Å². The fourth-order valence-electron chi connectivity index (χ4n) is 8.49. The predicted molar refractivity (Wildman–Crippen MR) is 210 cm³/mol. The molecule has 0 aliphatic heterocycles. The summed E-state index contributed by atoms with van der Waals surface area (Å²) < 4.78 is 2.53. The van der Waals surface area contributed by atoms with Gasteiger partial charge in [0.15, 0.2) is 0 Å². The van der Waals surface area contributed by atoms with Crippen molar-refractivity contribution in [2.45, 2.75) is 19.3 Å². The number of nitrogens with zero attached hydrogens (tertiary/aromatic N) is 2. The lowest BCUT2D eigenvalue weighted by molar-refractivity contribution is 0.664. The average Bonchev–Trinajstić information content (AvgIpc) is 3.65. The molecule has 0 atom stereocenters. The minimum atomic E-state index is -0.182. The molecule has 0 N–H and O–H groups in total. The number of rotatable bonds is 4. The summed E-state index contributed by atoms with van der Waals surface area (Å²) in [5.74, 6) is 0. The molecule has 2 aromatic heterocycles.